The van der Waals surface area contributed by atoms with Gasteiger partial charge >= 0.3 is 0 Å². The van der Waals surface area contributed by atoms with Gasteiger partial charge in [-0.25, -0.2) is 0 Å². The molecule has 3 nitrogen and oxygen atoms in total. The van der Waals surface area contributed by atoms with E-state index < -0.39 is 0 Å². The summed E-state index contributed by atoms with van der Waals surface area (Å²) in [5.41, 5.74) is 9.82. The van der Waals surface area contributed by atoms with Crippen LogP contribution in [0.3, 0.4) is 0 Å². The number of nitrogens with zero attached hydrogens (tertiary/aromatic N) is 2. The average molecular weight is 243 g/mol. The van der Waals surface area contributed by atoms with E-state index in [9.17, 15) is 0 Å². The molecular formula is C15H21N3. The Bertz CT molecular complexity index is 509. The normalized spacial score (nSPS) is 14.4. The van der Waals surface area contributed by atoms with E-state index in [2.05, 4.69) is 43.2 Å². The zero-order chi connectivity index (χ0) is 13.2. The van der Waals surface area contributed by atoms with E-state index in [4.69, 9.17) is 5.73 Å². The van der Waals surface area contributed by atoms with Crippen molar-refractivity contribution in [1.29, 1.82) is 0 Å². The molecule has 96 valence electrons. The van der Waals surface area contributed by atoms with Gasteiger partial charge in [-0.05, 0) is 37.8 Å². The Balaban J connectivity index is 2.04. The van der Waals surface area contributed by atoms with Crippen LogP contribution in [0.5, 0.6) is 0 Å². The van der Waals surface area contributed by atoms with Crippen molar-refractivity contribution in [2.24, 2.45) is 12.8 Å². The number of benzene rings is 1. The number of nitrogens with two attached hydrogens (primary N) is 1. The third-order valence-electron chi connectivity index (χ3n) is 3.40. The summed E-state index contributed by atoms with van der Waals surface area (Å²) in [6.07, 6.45) is 5.83. The molecule has 0 saturated heterocycles. The van der Waals surface area contributed by atoms with Crippen LogP contribution in [-0.2, 0) is 19.0 Å². The lowest BCUT2D eigenvalue weighted by Crippen LogP contribution is -2.33. The van der Waals surface area contributed by atoms with Gasteiger partial charge in [0, 0.05) is 18.8 Å². The van der Waals surface area contributed by atoms with Gasteiger partial charge in [0.25, 0.3) is 0 Å². The Morgan fingerprint density at radius 3 is 2.50 bits per heavy atom. The van der Waals surface area contributed by atoms with Crippen molar-refractivity contribution >= 4 is 0 Å². The Morgan fingerprint density at radius 1 is 1.28 bits per heavy atom. The standard InChI is InChI=1S/C15H21N3/c1-12-4-6-14(7-5-12)15(2,16)9-8-13-10-17-18(3)11-13/h4-7,10-11H,8-9,16H2,1-3H3. The molecule has 0 aliphatic carbocycles. The molecule has 1 unspecified atom stereocenters. The third kappa shape index (κ3) is 2.99. The minimum atomic E-state index is -0.288. The molecule has 0 bridgehead atoms. The molecule has 0 fully saturated rings. The molecule has 2 rings (SSSR count). The maximum absolute atomic E-state index is 6.42. The van der Waals surface area contributed by atoms with Crippen LogP contribution in [0, 0.1) is 6.92 Å². The van der Waals surface area contributed by atoms with Crippen LogP contribution in [-0.4, -0.2) is 9.78 Å². The van der Waals surface area contributed by atoms with Crippen LogP contribution in [0.25, 0.3) is 0 Å². The number of rotatable bonds is 4. The van der Waals surface area contributed by atoms with E-state index in [0.29, 0.717) is 0 Å². The largest absolute Gasteiger partial charge is 0.322 e. The van der Waals surface area contributed by atoms with Crippen LogP contribution in [0.15, 0.2) is 36.7 Å². The Labute approximate surface area is 109 Å². The highest BCUT2D eigenvalue weighted by molar-refractivity contribution is 5.27. The Hall–Kier alpha value is -1.61. The summed E-state index contributed by atoms with van der Waals surface area (Å²) in [5.74, 6) is 0. The van der Waals surface area contributed by atoms with Crippen LogP contribution in [0.1, 0.15) is 30.0 Å². The quantitative estimate of drug-likeness (QED) is 0.896. The fraction of sp³-hybridized carbons (Fsp3) is 0.400. The number of aromatic nitrogens is 2. The molecule has 0 amide bonds. The van der Waals surface area contributed by atoms with Crippen LogP contribution in [0.2, 0.25) is 0 Å². The first-order valence-electron chi connectivity index (χ1n) is 6.31. The zero-order valence-electron chi connectivity index (χ0n) is 11.4. The Morgan fingerprint density at radius 2 is 1.94 bits per heavy atom. The van der Waals surface area contributed by atoms with E-state index >= 15 is 0 Å². The summed E-state index contributed by atoms with van der Waals surface area (Å²) >= 11 is 0. The van der Waals surface area contributed by atoms with Crippen molar-refractivity contribution < 1.29 is 0 Å². The Kier molecular flexibility index (Phi) is 3.53. The molecule has 3 heteroatoms. The highest BCUT2D eigenvalue weighted by atomic mass is 15.2. The molecule has 0 aliphatic heterocycles. The average Bonchev–Trinajstić information content (AvgIpc) is 2.73. The summed E-state index contributed by atoms with van der Waals surface area (Å²) < 4.78 is 1.83. The highest BCUT2D eigenvalue weighted by Crippen LogP contribution is 2.23. The van der Waals surface area contributed by atoms with Gasteiger partial charge in [0.1, 0.15) is 0 Å². The van der Waals surface area contributed by atoms with Gasteiger partial charge in [-0.3, -0.25) is 4.68 Å². The molecule has 1 heterocycles. The van der Waals surface area contributed by atoms with Crippen molar-refractivity contribution in [1.82, 2.24) is 9.78 Å². The lowest BCUT2D eigenvalue weighted by atomic mass is 9.87. The predicted molar refractivity (Wildman–Crippen MR) is 74.2 cm³/mol. The van der Waals surface area contributed by atoms with Gasteiger partial charge in [0.2, 0.25) is 0 Å². The van der Waals surface area contributed by atoms with Gasteiger partial charge in [0.05, 0.1) is 6.20 Å². The summed E-state index contributed by atoms with van der Waals surface area (Å²) in [7, 11) is 1.94. The molecule has 0 radical (unpaired) electrons. The predicted octanol–water partition coefficient (Wildman–Crippen LogP) is 2.54. The first-order valence-corrected chi connectivity index (χ1v) is 6.31. The first kappa shape index (κ1) is 12.8. The van der Waals surface area contributed by atoms with Crippen LogP contribution < -0.4 is 5.73 Å². The molecular weight excluding hydrogens is 222 g/mol. The second-order valence-corrected chi connectivity index (χ2v) is 5.31. The monoisotopic (exact) mass is 243 g/mol. The van der Waals surface area contributed by atoms with Crippen LogP contribution >= 0.6 is 0 Å². The molecule has 0 spiro atoms. The molecule has 1 aromatic carbocycles. The molecule has 0 saturated carbocycles. The van der Waals surface area contributed by atoms with E-state index in [1.165, 1.54) is 16.7 Å². The fourth-order valence-electron chi connectivity index (χ4n) is 2.08. The number of hydrogen-bond acceptors (Lipinski definition) is 2. The maximum Gasteiger partial charge on any atom is 0.0521 e. The summed E-state index contributed by atoms with van der Waals surface area (Å²) in [5, 5.41) is 4.18. The van der Waals surface area contributed by atoms with Crippen molar-refractivity contribution in [3.63, 3.8) is 0 Å². The van der Waals surface area contributed by atoms with Crippen molar-refractivity contribution in [2.75, 3.05) is 0 Å². The molecule has 2 N–H and O–H groups in total. The lowest BCUT2D eigenvalue weighted by molar-refractivity contribution is 0.453. The molecule has 0 aliphatic rings. The van der Waals surface area contributed by atoms with Gasteiger partial charge < -0.3 is 5.73 Å². The van der Waals surface area contributed by atoms with E-state index in [0.717, 1.165) is 12.8 Å². The van der Waals surface area contributed by atoms with E-state index in [1.807, 2.05) is 24.1 Å². The summed E-state index contributed by atoms with van der Waals surface area (Å²) in [6, 6.07) is 8.48. The van der Waals surface area contributed by atoms with Gasteiger partial charge in [-0.1, -0.05) is 29.8 Å². The first-order chi connectivity index (χ1) is 8.47. The second kappa shape index (κ2) is 4.94. The zero-order valence-corrected chi connectivity index (χ0v) is 11.4. The van der Waals surface area contributed by atoms with Crippen molar-refractivity contribution in [3.8, 4) is 0 Å². The van der Waals surface area contributed by atoms with Crippen molar-refractivity contribution in [3.05, 3.63) is 53.3 Å². The molecule has 1 aromatic heterocycles. The minimum absolute atomic E-state index is 0.288. The number of hydrogen-bond donors (Lipinski definition) is 1. The summed E-state index contributed by atoms with van der Waals surface area (Å²) in [4.78, 5) is 0. The topological polar surface area (TPSA) is 43.8 Å². The van der Waals surface area contributed by atoms with Crippen LogP contribution in [0.4, 0.5) is 0 Å². The molecule has 18 heavy (non-hydrogen) atoms. The van der Waals surface area contributed by atoms with Crippen molar-refractivity contribution in [2.45, 2.75) is 32.2 Å². The SMILES string of the molecule is Cc1ccc(C(C)(N)CCc2cnn(C)c2)cc1. The third-order valence-corrected chi connectivity index (χ3v) is 3.40. The smallest absolute Gasteiger partial charge is 0.0521 e. The highest BCUT2D eigenvalue weighted by Gasteiger charge is 2.20. The maximum atomic E-state index is 6.42. The lowest BCUT2D eigenvalue weighted by Gasteiger charge is -2.25. The fourth-order valence-corrected chi connectivity index (χ4v) is 2.08. The number of aryl methyl sites for hydroxylation is 3. The molecule has 1 atom stereocenters. The minimum Gasteiger partial charge on any atom is -0.322 e. The molecule has 2 aromatic rings. The van der Waals surface area contributed by atoms with Gasteiger partial charge in [-0.2, -0.15) is 5.10 Å². The van der Waals surface area contributed by atoms with Gasteiger partial charge in [-0.15, -0.1) is 0 Å². The second-order valence-electron chi connectivity index (χ2n) is 5.31. The van der Waals surface area contributed by atoms with Gasteiger partial charge in [0.15, 0.2) is 0 Å². The van der Waals surface area contributed by atoms with E-state index in [1.54, 1.807) is 0 Å². The van der Waals surface area contributed by atoms with E-state index in [-0.39, 0.29) is 5.54 Å². The summed E-state index contributed by atoms with van der Waals surface area (Å²) in [6.45, 7) is 4.18.